The molecule has 0 aliphatic carbocycles. The highest BCUT2D eigenvalue weighted by molar-refractivity contribution is 6.42. The number of rotatable bonds is 6. The van der Waals surface area contributed by atoms with Crippen molar-refractivity contribution in [2.75, 3.05) is 32.7 Å². The third kappa shape index (κ3) is 5.04. The lowest BCUT2D eigenvalue weighted by atomic mass is 9.93. The zero-order valence-corrected chi connectivity index (χ0v) is 20.2. The first-order valence-electron chi connectivity index (χ1n) is 11.6. The number of nitrogens with one attached hydrogen (secondary N) is 1. The van der Waals surface area contributed by atoms with Crippen LogP contribution in [0.2, 0.25) is 10.0 Å². The van der Waals surface area contributed by atoms with Crippen LogP contribution in [0.5, 0.6) is 0 Å². The van der Waals surface area contributed by atoms with Gasteiger partial charge in [-0.2, -0.15) is 0 Å². The van der Waals surface area contributed by atoms with E-state index in [4.69, 9.17) is 23.2 Å². The molecular weight excluding hydrogens is 471 g/mol. The molecule has 2 aromatic carbocycles. The fourth-order valence-corrected chi connectivity index (χ4v) is 5.08. The van der Waals surface area contributed by atoms with Gasteiger partial charge in [-0.25, -0.2) is 0 Å². The molecule has 1 fully saturated rings. The molecule has 176 valence electrons. The van der Waals surface area contributed by atoms with Gasteiger partial charge in [0, 0.05) is 44.0 Å². The summed E-state index contributed by atoms with van der Waals surface area (Å²) in [4.78, 5) is 33.7. The van der Waals surface area contributed by atoms with Gasteiger partial charge in [-0.3, -0.25) is 19.5 Å². The van der Waals surface area contributed by atoms with E-state index in [-0.39, 0.29) is 24.4 Å². The summed E-state index contributed by atoms with van der Waals surface area (Å²) in [5.41, 5.74) is 4.37. The first-order chi connectivity index (χ1) is 16.5. The number of likely N-dealkylation sites (tertiary alicyclic amines) is 1. The van der Waals surface area contributed by atoms with Crippen LogP contribution in [0.4, 0.5) is 0 Å². The van der Waals surface area contributed by atoms with Crippen molar-refractivity contribution in [2.45, 2.75) is 24.9 Å². The van der Waals surface area contributed by atoms with Crippen molar-refractivity contribution in [2.24, 2.45) is 4.99 Å². The molecule has 2 unspecified atom stereocenters. The standard InChI is InChI=1S/C26H26Cl2N4O2/c27-22-6-5-18(13-23(22)28)26(34)30-15-25(33)32-12-9-19(16-32)31-10-7-17(8-11-31)20-3-1-2-4-21(20)24-14-29-24/h1-7,13-14,19,24H,8-12,15-16H2,(H,30,34). The first kappa shape index (κ1) is 23.1. The Labute approximate surface area is 209 Å². The summed E-state index contributed by atoms with van der Waals surface area (Å²) in [5, 5.41) is 3.39. The Morgan fingerprint density at radius 2 is 1.91 bits per heavy atom. The van der Waals surface area contributed by atoms with E-state index in [1.807, 2.05) is 11.1 Å². The highest BCUT2D eigenvalue weighted by Gasteiger charge is 2.31. The Bertz CT molecular complexity index is 1170. The SMILES string of the molecule is O=C(NCC(=O)N1CCC(N2CC=C(c3ccccc3C3C=N3)CC2)C1)c1ccc(Cl)c(Cl)c1. The minimum Gasteiger partial charge on any atom is -0.343 e. The van der Waals surface area contributed by atoms with Crippen molar-refractivity contribution in [1.82, 2.24) is 15.1 Å². The van der Waals surface area contributed by atoms with E-state index < -0.39 is 0 Å². The summed E-state index contributed by atoms with van der Waals surface area (Å²) >= 11 is 11.9. The van der Waals surface area contributed by atoms with Crippen molar-refractivity contribution in [1.29, 1.82) is 0 Å². The summed E-state index contributed by atoms with van der Waals surface area (Å²) in [6.07, 6.45) is 6.26. The highest BCUT2D eigenvalue weighted by atomic mass is 35.5. The Kier molecular flexibility index (Phi) is 6.73. The van der Waals surface area contributed by atoms with Gasteiger partial charge in [-0.15, -0.1) is 0 Å². The Hall–Kier alpha value is -2.67. The fourth-order valence-electron chi connectivity index (χ4n) is 4.79. The van der Waals surface area contributed by atoms with Gasteiger partial charge in [0.05, 0.1) is 16.6 Å². The van der Waals surface area contributed by atoms with Gasteiger partial charge in [0.2, 0.25) is 5.91 Å². The molecule has 0 aromatic heterocycles. The van der Waals surface area contributed by atoms with Gasteiger partial charge >= 0.3 is 0 Å². The van der Waals surface area contributed by atoms with Crippen molar-refractivity contribution >= 4 is 46.8 Å². The maximum Gasteiger partial charge on any atom is 0.251 e. The molecule has 34 heavy (non-hydrogen) atoms. The zero-order valence-electron chi connectivity index (χ0n) is 18.7. The smallest absolute Gasteiger partial charge is 0.251 e. The second kappa shape index (κ2) is 9.90. The van der Waals surface area contributed by atoms with Crippen molar-refractivity contribution in [3.8, 4) is 0 Å². The molecule has 5 rings (SSSR count). The molecule has 0 saturated carbocycles. The van der Waals surface area contributed by atoms with Crippen molar-refractivity contribution < 1.29 is 9.59 Å². The minimum absolute atomic E-state index is 0.0319. The monoisotopic (exact) mass is 496 g/mol. The van der Waals surface area contributed by atoms with Crippen LogP contribution in [-0.2, 0) is 4.79 Å². The van der Waals surface area contributed by atoms with Crippen LogP contribution < -0.4 is 5.32 Å². The molecular formula is C26H26Cl2N4O2. The van der Waals surface area contributed by atoms with Gasteiger partial charge in [0.15, 0.2) is 0 Å². The maximum atomic E-state index is 12.7. The lowest BCUT2D eigenvalue weighted by molar-refractivity contribution is -0.129. The number of nitrogens with zero attached hydrogens (tertiary/aromatic N) is 3. The lowest BCUT2D eigenvalue weighted by Crippen LogP contribution is -2.43. The maximum absolute atomic E-state index is 12.7. The number of carbonyl (C=O) groups is 2. The lowest BCUT2D eigenvalue weighted by Gasteiger charge is -2.32. The number of hydrogen-bond donors (Lipinski definition) is 1. The number of amides is 2. The minimum atomic E-state index is -0.340. The summed E-state index contributed by atoms with van der Waals surface area (Å²) in [5.74, 6) is -0.407. The number of aliphatic imine (C=N–C) groups is 1. The second-order valence-corrected chi connectivity index (χ2v) is 9.71. The molecule has 1 N–H and O–H groups in total. The third-order valence-corrected chi connectivity index (χ3v) is 7.52. The van der Waals surface area contributed by atoms with E-state index in [0.717, 1.165) is 25.9 Å². The first-order valence-corrected chi connectivity index (χ1v) is 12.3. The van der Waals surface area contributed by atoms with Gasteiger partial charge < -0.3 is 10.2 Å². The van der Waals surface area contributed by atoms with Gasteiger partial charge in [0.25, 0.3) is 5.91 Å². The normalized spacial score (nSPS) is 21.9. The van der Waals surface area contributed by atoms with Crippen LogP contribution in [0.15, 0.2) is 53.5 Å². The summed E-state index contributed by atoms with van der Waals surface area (Å²) in [6.45, 7) is 3.23. The molecule has 0 bridgehead atoms. The topological polar surface area (TPSA) is 65.0 Å². The molecule has 2 aromatic rings. The Morgan fingerprint density at radius 3 is 2.65 bits per heavy atom. The van der Waals surface area contributed by atoms with Crippen molar-refractivity contribution in [3.63, 3.8) is 0 Å². The second-order valence-electron chi connectivity index (χ2n) is 8.90. The molecule has 1 saturated heterocycles. The molecule has 3 aliphatic heterocycles. The van der Waals surface area contributed by atoms with Crippen LogP contribution >= 0.6 is 23.2 Å². The van der Waals surface area contributed by atoms with E-state index in [2.05, 4.69) is 45.6 Å². The average molecular weight is 497 g/mol. The number of halogens is 2. The molecule has 3 aliphatic rings. The Morgan fingerprint density at radius 1 is 1.09 bits per heavy atom. The van der Waals surface area contributed by atoms with E-state index in [1.54, 1.807) is 12.1 Å². The van der Waals surface area contributed by atoms with Gasteiger partial charge in [-0.05, 0) is 47.7 Å². The van der Waals surface area contributed by atoms with E-state index in [1.165, 1.54) is 22.8 Å². The van der Waals surface area contributed by atoms with Crippen molar-refractivity contribution in [3.05, 3.63) is 75.3 Å². The van der Waals surface area contributed by atoms with Crippen LogP contribution in [0.3, 0.4) is 0 Å². The van der Waals surface area contributed by atoms with E-state index in [9.17, 15) is 9.59 Å². The van der Waals surface area contributed by atoms with Crippen LogP contribution in [0.25, 0.3) is 5.57 Å². The van der Waals surface area contributed by atoms with Crippen LogP contribution in [-0.4, -0.2) is 66.6 Å². The van der Waals surface area contributed by atoms with Gasteiger partial charge in [0.1, 0.15) is 6.04 Å². The molecule has 2 atom stereocenters. The molecule has 2 amide bonds. The molecule has 0 spiro atoms. The predicted octanol–water partition coefficient (Wildman–Crippen LogP) is 4.24. The number of benzene rings is 2. The summed E-state index contributed by atoms with van der Waals surface area (Å²) < 4.78 is 0. The predicted molar refractivity (Wildman–Crippen MR) is 136 cm³/mol. The third-order valence-electron chi connectivity index (χ3n) is 6.78. The quantitative estimate of drug-likeness (QED) is 0.650. The van der Waals surface area contributed by atoms with E-state index >= 15 is 0 Å². The molecule has 3 heterocycles. The molecule has 8 heteroatoms. The summed E-state index contributed by atoms with van der Waals surface area (Å²) in [6, 6.07) is 13.8. The zero-order chi connectivity index (χ0) is 23.7. The molecule has 0 radical (unpaired) electrons. The average Bonchev–Trinajstić information content (AvgIpc) is 3.60. The Balaban J connectivity index is 1.12. The molecule has 6 nitrogen and oxygen atoms in total. The highest BCUT2D eigenvalue weighted by Crippen LogP contribution is 2.34. The summed E-state index contributed by atoms with van der Waals surface area (Å²) in [7, 11) is 0. The van der Waals surface area contributed by atoms with Crippen LogP contribution in [0.1, 0.15) is 40.4 Å². The largest absolute Gasteiger partial charge is 0.343 e. The fraction of sp³-hybridized carbons (Fsp3) is 0.346. The van der Waals surface area contributed by atoms with Gasteiger partial charge in [-0.1, -0.05) is 53.5 Å². The van der Waals surface area contributed by atoms with Crippen LogP contribution in [0, 0.1) is 0 Å². The number of hydrogen-bond acceptors (Lipinski definition) is 4. The number of carbonyl (C=O) groups excluding carboxylic acids is 2. The van der Waals surface area contributed by atoms with E-state index in [0.29, 0.717) is 34.7 Å².